The van der Waals surface area contributed by atoms with E-state index in [0.717, 1.165) is 55.0 Å². The second kappa shape index (κ2) is 9.67. The van der Waals surface area contributed by atoms with Gasteiger partial charge in [0, 0.05) is 36.2 Å². The molecule has 1 aliphatic heterocycles. The Kier molecular flexibility index (Phi) is 6.31. The first kappa shape index (κ1) is 21.5. The molecule has 2 atom stereocenters. The van der Waals surface area contributed by atoms with Gasteiger partial charge in [0.05, 0.1) is 5.69 Å². The molecule has 0 amide bonds. The maximum Gasteiger partial charge on any atom is 0.123 e. The van der Waals surface area contributed by atoms with Crippen LogP contribution in [0.2, 0.25) is 0 Å². The normalized spacial score (nSPS) is 19.0. The SMILES string of the molecule is Fc1ccc(-c2cc(C3CCN(CCc4ccccc4)CC3c3ccc(F)cc3)[nH]n2)cc1. The van der Waals surface area contributed by atoms with E-state index in [1.54, 1.807) is 24.3 Å². The Labute approximate surface area is 193 Å². The van der Waals surface area contributed by atoms with Gasteiger partial charge in [-0.05, 0) is 73.0 Å². The molecule has 1 saturated heterocycles. The summed E-state index contributed by atoms with van der Waals surface area (Å²) in [4.78, 5) is 2.51. The zero-order valence-electron chi connectivity index (χ0n) is 18.4. The summed E-state index contributed by atoms with van der Waals surface area (Å²) in [5.74, 6) is 0.0164. The van der Waals surface area contributed by atoms with E-state index < -0.39 is 0 Å². The van der Waals surface area contributed by atoms with Crippen LogP contribution in [0, 0.1) is 11.6 Å². The highest BCUT2D eigenvalue weighted by molar-refractivity contribution is 5.59. The third-order valence-corrected chi connectivity index (χ3v) is 6.69. The number of benzene rings is 3. The first-order valence-electron chi connectivity index (χ1n) is 11.5. The lowest BCUT2D eigenvalue weighted by molar-refractivity contribution is 0.189. The van der Waals surface area contributed by atoms with Crippen molar-refractivity contribution in [3.05, 3.63) is 113 Å². The number of halogens is 2. The molecule has 5 heteroatoms. The van der Waals surface area contributed by atoms with Gasteiger partial charge in [-0.3, -0.25) is 5.10 Å². The molecule has 0 saturated carbocycles. The van der Waals surface area contributed by atoms with Crippen LogP contribution in [0.1, 0.15) is 35.1 Å². The molecule has 0 aliphatic carbocycles. The predicted octanol–water partition coefficient (Wildman–Crippen LogP) is 6.17. The van der Waals surface area contributed by atoms with E-state index in [9.17, 15) is 8.78 Å². The molecular weight excluding hydrogens is 416 g/mol. The van der Waals surface area contributed by atoms with Crippen molar-refractivity contribution in [1.82, 2.24) is 15.1 Å². The van der Waals surface area contributed by atoms with Gasteiger partial charge in [0.25, 0.3) is 0 Å². The van der Waals surface area contributed by atoms with Crippen LogP contribution in [0.5, 0.6) is 0 Å². The van der Waals surface area contributed by atoms with Gasteiger partial charge in [0.1, 0.15) is 11.6 Å². The summed E-state index contributed by atoms with van der Waals surface area (Å²) in [6.45, 7) is 2.91. The molecule has 1 fully saturated rings. The van der Waals surface area contributed by atoms with Crippen LogP contribution < -0.4 is 0 Å². The first-order chi connectivity index (χ1) is 16.2. The Morgan fingerprint density at radius 1 is 0.848 bits per heavy atom. The fourth-order valence-corrected chi connectivity index (χ4v) is 4.87. The minimum atomic E-state index is -0.256. The van der Waals surface area contributed by atoms with E-state index in [1.807, 2.05) is 18.2 Å². The minimum Gasteiger partial charge on any atom is -0.302 e. The van der Waals surface area contributed by atoms with Crippen molar-refractivity contribution in [1.29, 1.82) is 0 Å². The number of hydrogen-bond acceptors (Lipinski definition) is 2. The van der Waals surface area contributed by atoms with Crippen LogP contribution in [0.25, 0.3) is 11.3 Å². The quantitative estimate of drug-likeness (QED) is 0.386. The second-order valence-electron chi connectivity index (χ2n) is 8.80. The Morgan fingerprint density at radius 2 is 1.55 bits per heavy atom. The number of H-pyrrole nitrogens is 1. The zero-order chi connectivity index (χ0) is 22.6. The summed E-state index contributed by atoms with van der Waals surface area (Å²) >= 11 is 0. The first-order valence-corrected chi connectivity index (χ1v) is 11.5. The molecule has 5 rings (SSSR count). The number of piperidine rings is 1. The lowest BCUT2D eigenvalue weighted by Crippen LogP contribution is -2.39. The summed E-state index contributed by atoms with van der Waals surface area (Å²) in [7, 11) is 0. The standard InChI is InChI=1S/C28H27F2N3/c29-23-10-6-21(7-11-23)26-19-33(16-14-20-4-2-1-3-5-20)17-15-25(26)28-18-27(31-32-28)22-8-12-24(30)13-9-22/h1-13,18,25-26H,14-17,19H2,(H,31,32). The molecule has 3 aromatic carbocycles. The molecule has 0 spiro atoms. The summed E-state index contributed by atoms with van der Waals surface area (Å²) in [5.41, 5.74) is 5.26. The largest absolute Gasteiger partial charge is 0.302 e. The molecule has 1 aromatic heterocycles. The molecule has 2 unspecified atom stereocenters. The van der Waals surface area contributed by atoms with E-state index in [4.69, 9.17) is 0 Å². The van der Waals surface area contributed by atoms with Gasteiger partial charge in [-0.2, -0.15) is 5.10 Å². The van der Waals surface area contributed by atoms with Crippen molar-refractivity contribution in [3.8, 4) is 11.3 Å². The van der Waals surface area contributed by atoms with Crippen molar-refractivity contribution < 1.29 is 8.78 Å². The minimum absolute atomic E-state index is 0.216. The fraction of sp³-hybridized carbons (Fsp3) is 0.250. The Balaban J connectivity index is 1.37. The molecule has 168 valence electrons. The lowest BCUT2D eigenvalue weighted by atomic mass is 9.78. The van der Waals surface area contributed by atoms with Gasteiger partial charge in [-0.1, -0.05) is 42.5 Å². The smallest absolute Gasteiger partial charge is 0.123 e. The van der Waals surface area contributed by atoms with E-state index in [0.29, 0.717) is 0 Å². The summed E-state index contributed by atoms with van der Waals surface area (Å²) in [5, 5.41) is 7.74. The maximum atomic E-state index is 13.6. The maximum absolute atomic E-state index is 13.6. The molecule has 33 heavy (non-hydrogen) atoms. The zero-order valence-corrected chi connectivity index (χ0v) is 18.4. The van der Waals surface area contributed by atoms with Crippen LogP contribution in [0.15, 0.2) is 84.9 Å². The van der Waals surface area contributed by atoms with Gasteiger partial charge >= 0.3 is 0 Å². The molecule has 3 nitrogen and oxygen atoms in total. The predicted molar refractivity (Wildman–Crippen MR) is 127 cm³/mol. The Morgan fingerprint density at radius 3 is 2.27 bits per heavy atom. The van der Waals surface area contributed by atoms with Gasteiger partial charge in [0.2, 0.25) is 0 Å². The number of nitrogens with zero attached hydrogens (tertiary/aromatic N) is 2. The fourth-order valence-electron chi connectivity index (χ4n) is 4.87. The van der Waals surface area contributed by atoms with Crippen LogP contribution in [0.4, 0.5) is 8.78 Å². The van der Waals surface area contributed by atoms with Crippen molar-refractivity contribution >= 4 is 0 Å². The average molecular weight is 444 g/mol. The molecule has 1 N–H and O–H groups in total. The monoisotopic (exact) mass is 443 g/mol. The third kappa shape index (κ3) is 5.04. The Bertz CT molecular complexity index is 1170. The van der Waals surface area contributed by atoms with Crippen LogP contribution in [-0.2, 0) is 6.42 Å². The number of nitrogens with one attached hydrogen (secondary N) is 1. The number of likely N-dealkylation sites (tertiary alicyclic amines) is 1. The van der Waals surface area contributed by atoms with Crippen molar-refractivity contribution in [2.45, 2.75) is 24.7 Å². The van der Waals surface area contributed by atoms with Gasteiger partial charge in [-0.15, -0.1) is 0 Å². The summed E-state index contributed by atoms with van der Waals surface area (Å²) in [6, 6.07) is 26.0. The van der Waals surface area contributed by atoms with Crippen molar-refractivity contribution in [2.75, 3.05) is 19.6 Å². The van der Waals surface area contributed by atoms with Crippen LogP contribution in [0.3, 0.4) is 0 Å². The van der Waals surface area contributed by atoms with E-state index in [2.05, 4.69) is 45.4 Å². The molecular formula is C28H27F2N3. The number of aromatic nitrogens is 2. The molecule has 1 aliphatic rings. The van der Waals surface area contributed by atoms with Gasteiger partial charge in [-0.25, -0.2) is 8.78 Å². The summed E-state index contributed by atoms with van der Waals surface area (Å²) < 4.78 is 26.9. The van der Waals surface area contributed by atoms with Gasteiger partial charge in [0.15, 0.2) is 0 Å². The number of hydrogen-bond donors (Lipinski definition) is 1. The highest BCUT2D eigenvalue weighted by atomic mass is 19.1. The lowest BCUT2D eigenvalue weighted by Gasteiger charge is -2.38. The average Bonchev–Trinajstić information content (AvgIpc) is 3.34. The Hall–Kier alpha value is -3.31. The molecule has 0 bridgehead atoms. The third-order valence-electron chi connectivity index (χ3n) is 6.69. The highest BCUT2D eigenvalue weighted by Gasteiger charge is 2.32. The van der Waals surface area contributed by atoms with Gasteiger partial charge < -0.3 is 4.90 Å². The van der Waals surface area contributed by atoms with E-state index in [1.165, 1.54) is 17.7 Å². The molecule has 0 radical (unpaired) electrons. The van der Waals surface area contributed by atoms with Crippen molar-refractivity contribution in [3.63, 3.8) is 0 Å². The number of rotatable bonds is 6. The van der Waals surface area contributed by atoms with Crippen LogP contribution in [-0.4, -0.2) is 34.7 Å². The topological polar surface area (TPSA) is 31.9 Å². The summed E-state index contributed by atoms with van der Waals surface area (Å²) in [6.07, 6.45) is 2.00. The van der Waals surface area contributed by atoms with E-state index in [-0.39, 0.29) is 23.5 Å². The molecule has 4 aromatic rings. The highest BCUT2D eigenvalue weighted by Crippen LogP contribution is 2.40. The van der Waals surface area contributed by atoms with Crippen LogP contribution >= 0.6 is 0 Å². The second-order valence-corrected chi connectivity index (χ2v) is 8.80. The number of aromatic amines is 1. The van der Waals surface area contributed by atoms with Crippen molar-refractivity contribution in [2.24, 2.45) is 0 Å². The molecule has 2 heterocycles. The van der Waals surface area contributed by atoms with E-state index >= 15 is 0 Å².